The fourth-order valence-electron chi connectivity index (χ4n) is 1.19. The van der Waals surface area contributed by atoms with Crippen LogP contribution in [-0.2, 0) is 4.79 Å². The summed E-state index contributed by atoms with van der Waals surface area (Å²) in [4.78, 5) is 10.5. The quantitative estimate of drug-likeness (QED) is 0.575. The molecule has 0 radical (unpaired) electrons. The second-order valence-corrected chi connectivity index (χ2v) is 2.79. The highest BCUT2D eigenvalue weighted by Gasteiger charge is 2.17. The zero-order valence-electron chi connectivity index (χ0n) is 6.63. The van der Waals surface area contributed by atoms with Crippen LogP contribution in [0.5, 0.6) is 0 Å². The molecule has 1 heterocycles. The predicted octanol–water partition coefficient (Wildman–Crippen LogP) is 0.627. The number of nitrogens with one attached hydrogen (secondary N) is 1. The normalized spacial score (nSPS) is 20.6. The lowest BCUT2D eigenvalue weighted by Crippen LogP contribution is -2.25. The van der Waals surface area contributed by atoms with Gasteiger partial charge in [0, 0.05) is 6.54 Å². The van der Waals surface area contributed by atoms with E-state index in [-0.39, 0.29) is 5.92 Å². The first-order valence-electron chi connectivity index (χ1n) is 3.84. The van der Waals surface area contributed by atoms with E-state index in [9.17, 15) is 4.79 Å². The van der Waals surface area contributed by atoms with E-state index >= 15 is 0 Å². The Morgan fingerprint density at radius 1 is 1.82 bits per heavy atom. The van der Waals surface area contributed by atoms with Crippen molar-refractivity contribution in [2.24, 2.45) is 5.92 Å². The van der Waals surface area contributed by atoms with Crippen LogP contribution in [0.4, 0.5) is 0 Å². The first kappa shape index (κ1) is 8.27. The van der Waals surface area contributed by atoms with Crippen LogP contribution in [0.15, 0.2) is 11.6 Å². The van der Waals surface area contributed by atoms with Gasteiger partial charge < -0.3 is 10.4 Å². The third kappa shape index (κ3) is 2.05. The molecule has 0 amide bonds. The topological polar surface area (TPSA) is 49.3 Å². The van der Waals surface area contributed by atoms with Crippen molar-refractivity contribution in [3.05, 3.63) is 11.6 Å². The minimum Gasteiger partial charge on any atom is -0.481 e. The third-order valence-corrected chi connectivity index (χ3v) is 2.03. The van der Waals surface area contributed by atoms with Gasteiger partial charge in [0.15, 0.2) is 0 Å². The smallest absolute Gasteiger partial charge is 0.310 e. The maximum Gasteiger partial charge on any atom is 0.310 e. The van der Waals surface area contributed by atoms with Gasteiger partial charge in [-0.1, -0.05) is 11.6 Å². The summed E-state index contributed by atoms with van der Waals surface area (Å²) in [6.07, 6.45) is 2.84. The summed E-state index contributed by atoms with van der Waals surface area (Å²) >= 11 is 0. The summed E-state index contributed by atoms with van der Waals surface area (Å²) < 4.78 is 0. The minimum atomic E-state index is -0.724. The molecule has 62 valence electrons. The van der Waals surface area contributed by atoms with Gasteiger partial charge in [-0.3, -0.25) is 4.79 Å². The maximum absolute atomic E-state index is 10.5. The van der Waals surface area contributed by atoms with Crippen LogP contribution in [0, 0.1) is 5.92 Å². The Morgan fingerprint density at radius 3 is 3.00 bits per heavy atom. The van der Waals surface area contributed by atoms with Crippen molar-refractivity contribution in [1.82, 2.24) is 5.32 Å². The Morgan fingerprint density at radius 2 is 2.55 bits per heavy atom. The molecule has 2 N–H and O–H groups in total. The number of carbonyl (C=O) groups is 1. The van der Waals surface area contributed by atoms with Crippen molar-refractivity contribution in [3.8, 4) is 0 Å². The van der Waals surface area contributed by atoms with Crippen LogP contribution in [0.1, 0.15) is 13.3 Å². The Labute approximate surface area is 66.1 Å². The SMILES string of the molecule is CC(C(=O)O)C1=CCNCC1. The molecule has 0 saturated carbocycles. The van der Waals surface area contributed by atoms with Crippen molar-refractivity contribution >= 4 is 5.97 Å². The molecule has 0 aromatic heterocycles. The predicted molar refractivity (Wildman–Crippen MR) is 42.4 cm³/mol. The van der Waals surface area contributed by atoms with Gasteiger partial charge in [-0.2, -0.15) is 0 Å². The Bertz CT molecular complexity index is 187. The van der Waals surface area contributed by atoms with Gasteiger partial charge in [-0.15, -0.1) is 0 Å². The van der Waals surface area contributed by atoms with E-state index in [4.69, 9.17) is 5.11 Å². The summed E-state index contributed by atoms with van der Waals surface area (Å²) in [6.45, 7) is 3.45. The summed E-state index contributed by atoms with van der Waals surface area (Å²) in [7, 11) is 0. The molecule has 0 saturated heterocycles. The van der Waals surface area contributed by atoms with Crippen LogP contribution in [0.3, 0.4) is 0 Å². The number of rotatable bonds is 2. The monoisotopic (exact) mass is 155 g/mol. The lowest BCUT2D eigenvalue weighted by Gasteiger charge is -2.16. The minimum absolute atomic E-state index is 0.308. The third-order valence-electron chi connectivity index (χ3n) is 2.03. The highest BCUT2D eigenvalue weighted by Crippen LogP contribution is 2.15. The van der Waals surface area contributed by atoms with Crippen LogP contribution >= 0.6 is 0 Å². The standard InChI is InChI=1S/C8H13NO2/c1-6(8(10)11)7-2-4-9-5-3-7/h2,6,9H,3-5H2,1H3,(H,10,11). The maximum atomic E-state index is 10.5. The molecule has 1 atom stereocenters. The lowest BCUT2D eigenvalue weighted by atomic mass is 9.96. The largest absolute Gasteiger partial charge is 0.481 e. The molecule has 11 heavy (non-hydrogen) atoms. The van der Waals surface area contributed by atoms with Gasteiger partial charge >= 0.3 is 5.97 Å². The van der Waals surface area contributed by atoms with Gasteiger partial charge in [-0.05, 0) is 19.9 Å². The molecule has 0 bridgehead atoms. The highest BCUT2D eigenvalue weighted by molar-refractivity contribution is 5.73. The van der Waals surface area contributed by atoms with E-state index in [0.717, 1.165) is 25.1 Å². The van der Waals surface area contributed by atoms with Gasteiger partial charge in [-0.25, -0.2) is 0 Å². The zero-order valence-corrected chi connectivity index (χ0v) is 6.63. The zero-order chi connectivity index (χ0) is 8.27. The molecule has 1 aliphatic heterocycles. The second kappa shape index (κ2) is 3.53. The average molecular weight is 155 g/mol. The number of carboxylic acids is 1. The number of hydrogen-bond donors (Lipinski definition) is 2. The number of aliphatic carboxylic acids is 1. The summed E-state index contributed by atoms with van der Waals surface area (Å²) in [5, 5.41) is 11.8. The summed E-state index contributed by atoms with van der Waals surface area (Å²) in [5.74, 6) is -1.03. The van der Waals surface area contributed by atoms with Crippen LogP contribution < -0.4 is 5.32 Å². The molecule has 0 aliphatic carbocycles. The molecule has 3 heteroatoms. The number of hydrogen-bond acceptors (Lipinski definition) is 2. The lowest BCUT2D eigenvalue weighted by molar-refractivity contribution is -0.139. The van der Waals surface area contributed by atoms with Gasteiger partial charge in [0.05, 0.1) is 5.92 Å². The Hall–Kier alpha value is -0.830. The summed E-state index contributed by atoms with van der Waals surface area (Å²) in [6, 6.07) is 0. The molecular formula is C8H13NO2. The van der Waals surface area contributed by atoms with Crippen LogP contribution in [0.2, 0.25) is 0 Å². The van der Waals surface area contributed by atoms with Crippen LogP contribution in [-0.4, -0.2) is 24.2 Å². The fraction of sp³-hybridized carbons (Fsp3) is 0.625. The first-order valence-corrected chi connectivity index (χ1v) is 3.84. The first-order chi connectivity index (χ1) is 5.22. The second-order valence-electron chi connectivity index (χ2n) is 2.79. The van der Waals surface area contributed by atoms with Gasteiger partial charge in [0.1, 0.15) is 0 Å². The van der Waals surface area contributed by atoms with E-state index in [1.165, 1.54) is 0 Å². The van der Waals surface area contributed by atoms with E-state index in [0.29, 0.717) is 0 Å². The molecule has 0 fully saturated rings. The Kier molecular flexibility index (Phi) is 2.65. The molecule has 1 rings (SSSR count). The molecule has 3 nitrogen and oxygen atoms in total. The van der Waals surface area contributed by atoms with E-state index in [1.54, 1.807) is 6.92 Å². The van der Waals surface area contributed by atoms with Crippen molar-refractivity contribution in [2.75, 3.05) is 13.1 Å². The van der Waals surface area contributed by atoms with Gasteiger partial charge in [0.2, 0.25) is 0 Å². The molecule has 1 aliphatic rings. The molecule has 0 aromatic carbocycles. The van der Waals surface area contributed by atoms with Crippen molar-refractivity contribution in [2.45, 2.75) is 13.3 Å². The van der Waals surface area contributed by atoms with Gasteiger partial charge in [0.25, 0.3) is 0 Å². The van der Waals surface area contributed by atoms with E-state index in [1.807, 2.05) is 6.08 Å². The molecule has 0 aromatic rings. The van der Waals surface area contributed by atoms with Crippen molar-refractivity contribution < 1.29 is 9.90 Å². The molecule has 1 unspecified atom stereocenters. The van der Waals surface area contributed by atoms with E-state index < -0.39 is 5.97 Å². The van der Waals surface area contributed by atoms with E-state index in [2.05, 4.69) is 5.32 Å². The Balaban J connectivity index is 2.58. The van der Waals surface area contributed by atoms with Crippen molar-refractivity contribution in [3.63, 3.8) is 0 Å². The highest BCUT2D eigenvalue weighted by atomic mass is 16.4. The fourth-order valence-corrected chi connectivity index (χ4v) is 1.19. The van der Waals surface area contributed by atoms with Crippen molar-refractivity contribution in [1.29, 1.82) is 0 Å². The van der Waals surface area contributed by atoms with Crippen LogP contribution in [0.25, 0.3) is 0 Å². The number of carboxylic acid groups (broad SMARTS) is 1. The summed E-state index contributed by atoms with van der Waals surface area (Å²) in [5.41, 5.74) is 1.05. The molecule has 0 spiro atoms. The average Bonchev–Trinajstić information content (AvgIpc) is 2.05. The molecular weight excluding hydrogens is 142 g/mol.